The van der Waals surface area contributed by atoms with Crippen LogP contribution in [0.25, 0.3) is 5.69 Å². The molecule has 1 aliphatic rings. The van der Waals surface area contributed by atoms with Crippen molar-refractivity contribution >= 4 is 0 Å². The fourth-order valence-electron chi connectivity index (χ4n) is 3.02. The highest BCUT2D eigenvalue weighted by Gasteiger charge is 2.46. The Morgan fingerprint density at radius 1 is 1.33 bits per heavy atom. The SMILES string of the molecule is Cc1ncc(CNC2CC(O)C2(C)C)n1-c1ccccc1. The Bertz CT molecular complexity index is 618. The first-order valence-electron chi connectivity index (χ1n) is 7.50. The minimum absolute atomic E-state index is 0.0490. The van der Waals surface area contributed by atoms with Crippen LogP contribution in [0.1, 0.15) is 31.8 Å². The third-order valence-electron chi connectivity index (χ3n) is 4.77. The number of rotatable bonds is 4. The second-order valence-electron chi connectivity index (χ2n) is 6.47. The first-order chi connectivity index (χ1) is 10.00. The smallest absolute Gasteiger partial charge is 0.110 e. The zero-order chi connectivity index (χ0) is 15.0. The van der Waals surface area contributed by atoms with Crippen molar-refractivity contribution in [2.75, 3.05) is 0 Å². The lowest BCUT2D eigenvalue weighted by Gasteiger charge is -2.49. The van der Waals surface area contributed by atoms with Gasteiger partial charge < -0.3 is 10.4 Å². The number of nitrogens with one attached hydrogen (secondary N) is 1. The Hall–Kier alpha value is -1.65. The lowest BCUT2D eigenvalue weighted by atomic mass is 9.64. The third-order valence-corrected chi connectivity index (χ3v) is 4.77. The fourth-order valence-corrected chi connectivity index (χ4v) is 3.02. The van der Waals surface area contributed by atoms with Crippen LogP contribution in [-0.2, 0) is 6.54 Å². The van der Waals surface area contributed by atoms with E-state index in [1.54, 1.807) is 0 Å². The van der Waals surface area contributed by atoms with Crippen LogP contribution in [-0.4, -0.2) is 26.8 Å². The lowest BCUT2D eigenvalue weighted by Crippen LogP contribution is -2.59. The summed E-state index contributed by atoms with van der Waals surface area (Å²) in [6, 6.07) is 10.6. The second kappa shape index (κ2) is 5.28. The molecular weight excluding hydrogens is 262 g/mol. The molecule has 4 heteroatoms. The van der Waals surface area contributed by atoms with Crippen LogP contribution < -0.4 is 5.32 Å². The molecule has 3 rings (SSSR count). The van der Waals surface area contributed by atoms with Crippen molar-refractivity contribution in [1.29, 1.82) is 0 Å². The van der Waals surface area contributed by atoms with E-state index >= 15 is 0 Å². The number of imidazole rings is 1. The molecule has 4 nitrogen and oxygen atoms in total. The van der Waals surface area contributed by atoms with Gasteiger partial charge in [-0.3, -0.25) is 4.57 Å². The van der Waals surface area contributed by atoms with Crippen molar-refractivity contribution in [3.05, 3.63) is 48.0 Å². The molecule has 1 aromatic carbocycles. The molecule has 2 unspecified atom stereocenters. The molecule has 0 aliphatic heterocycles. The average molecular weight is 285 g/mol. The zero-order valence-electron chi connectivity index (χ0n) is 12.9. The molecule has 0 amide bonds. The third kappa shape index (κ3) is 2.49. The molecule has 1 saturated carbocycles. The molecule has 1 aliphatic carbocycles. The summed E-state index contributed by atoms with van der Waals surface area (Å²) in [6.07, 6.45) is 2.55. The largest absolute Gasteiger partial charge is 0.392 e. The maximum atomic E-state index is 9.82. The number of aromatic nitrogens is 2. The number of benzene rings is 1. The molecule has 1 heterocycles. The summed E-state index contributed by atoms with van der Waals surface area (Å²) in [5, 5.41) is 13.4. The van der Waals surface area contributed by atoms with Gasteiger partial charge in [-0.1, -0.05) is 32.0 Å². The van der Waals surface area contributed by atoms with Crippen molar-refractivity contribution in [3.63, 3.8) is 0 Å². The van der Waals surface area contributed by atoms with Crippen molar-refractivity contribution in [2.24, 2.45) is 5.41 Å². The van der Waals surface area contributed by atoms with E-state index in [-0.39, 0.29) is 11.5 Å². The quantitative estimate of drug-likeness (QED) is 0.907. The van der Waals surface area contributed by atoms with Gasteiger partial charge in [-0.25, -0.2) is 4.98 Å². The van der Waals surface area contributed by atoms with Crippen LogP contribution in [0.5, 0.6) is 0 Å². The molecule has 2 atom stereocenters. The van der Waals surface area contributed by atoms with Gasteiger partial charge in [0.25, 0.3) is 0 Å². The summed E-state index contributed by atoms with van der Waals surface area (Å²) < 4.78 is 2.18. The van der Waals surface area contributed by atoms with E-state index in [0.717, 1.165) is 30.2 Å². The van der Waals surface area contributed by atoms with Gasteiger partial charge in [0.2, 0.25) is 0 Å². The highest BCUT2D eigenvalue weighted by atomic mass is 16.3. The Morgan fingerprint density at radius 2 is 2.05 bits per heavy atom. The molecule has 2 aromatic rings. The summed E-state index contributed by atoms with van der Waals surface area (Å²) >= 11 is 0. The standard InChI is InChI=1S/C17H23N3O/c1-12-18-10-14(20(12)13-7-5-4-6-8-13)11-19-15-9-16(21)17(15,2)3/h4-8,10,15-16,19,21H,9,11H2,1-3H3. The lowest BCUT2D eigenvalue weighted by molar-refractivity contribution is -0.0731. The fraction of sp³-hybridized carbons (Fsp3) is 0.471. The summed E-state index contributed by atoms with van der Waals surface area (Å²) in [5.41, 5.74) is 2.24. The molecular formula is C17H23N3O. The molecule has 2 N–H and O–H groups in total. The van der Waals surface area contributed by atoms with Crippen molar-refractivity contribution in [2.45, 2.75) is 45.9 Å². The molecule has 21 heavy (non-hydrogen) atoms. The monoisotopic (exact) mass is 285 g/mol. The number of aryl methyl sites for hydroxylation is 1. The zero-order valence-corrected chi connectivity index (χ0v) is 12.9. The Balaban J connectivity index is 1.76. The van der Waals surface area contributed by atoms with Gasteiger partial charge in [-0.2, -0.15) is 0 Å². The summed E-state index contributed by atoms with van der Waals surface area (Å²) in [4.78, 5) is 4.44. The first kappa shape index (κ1) is 14.3. The predicted octanol–water partition coefficient (Wildman–Crippen LogP) is 2.43. The topological polar surface area (TPSA) is 50.1 Å². The molecule has 0 radical (unpaired) electrons. The molecule has 1 aromatic heterocycles. The summed E-state index contributed by atoms with van der Waals surface area (Å²) in [6.45, 7) is 7.00. The minimum atomic E-state index is -0.198. The molecule has 112 valence electrons. The molecule has 0 saturated heterocycles. The van der Waals surface area contributed by atoms with Gasteiger partial charge in [0.05, 0.1) is 18.0 Å². The van der Waals surface area contributed by atoms with E-state index in [1.807, 2.05) is 31.3 Å². The first-order valence-corrected chi connectivity index (χ1v) is 7.50. The van der Waals surface area contributed by atoms with Gasteiger partial charge in [0, 0.05) is 23.7 Å². The highest BCUT2D eigenvalue weighted by molar-refractivity contribution is 5.35. The van der Waals surface area contributed by atoms with Crippen LogP contribution in [0.4, 0.5) is 0 Å². The Kier molecular flexibility index (Phi) is 3.59. The number of aliphatic hydroxyl groups is 1. The Labute approximate surface area is 125 Å². The van der Waals surface area contributed by atoms with Crippen LogP contribution in [0.15, 0.2) is 36.5 Å². The molecule has 0 spiro atoms. The number of para-hydroxylation sites is 1. The van der Waals surface area contributed by atoms with Gasteiger partial charge in [0.1, 0.15) is 5.82 Å². The maximum Gasteiger partial charge on any atom is 0.110 e. The van der Waals surface area contributed by atoms with Gasteiger partial charge >= 0.3 is 0 Å². The van der Waals surface area contributed by atoms with Crippen LogP contribution in [0.3, 0.4) is 0 Å². The summed E-state index contributed by atoms with van der Waals surface area (Å²) in [7, 11) is 0. The van der Waals surface area contributed by atoms with Gasteiger partial charge in [-0.15, -0.1) is 0 Å². The molecule has 1 fully saturated rings. The van der Waals surface area contributed by atoms with Crippen LogP contribution in [0, 0.1) is 12.3 Å². The number of hydrogen-bond acceptors (Lipinski definition) is 3. The van der Waals surface area contributed by atoms with Crippen molar-refractivity contribution in [1.82, 2.24) is 14.9 Å². The molecule has 0 bridgehead atoms. The average Bonchev–Trinajstić information content (AvgIpc) is 2.85. The van der Waals surface area contributed by atoms with E-state index in [0.29, 0.717) is 6.04 Å². The Morgan fingerprint density at radius 3 is 2.67 bits per heavy atom. The minimum Gasteiger partial charge on any atom is -0.392 e. The van der Waals surface area contributed by atoms with Crippen molar-refractivity contribution < 1.29 is 5.11 Å². The van der Waals surface area contributed by atoms with Crippen LogP contribution in [0.2, 0.25) is 0 Å². The van der Waals surface area contributed by atoms with E-state index in [4.69, 9.17) is 0 Å². The number of nitrogens with zero attached hydrogens (tertiary/aromatic N) is 2. The number of hydrogen-bond donors (Lipinski definition) is 2. The predicted molar refractivity (Wildman–Crippen MR) is 83.3 cm³/mol. The van der Waals surface area contributed by atoms with Gasteiger partial charge in [0.15, 0.2) is 0 Å². The highest BCUT2D eigenvalue weighted by Crippen LogP contribution is 2.40. The number of aliphatic hydroxyl groups excluding tert-OH is 1. The normalized spacial score (nSPS) is 23.8. The van der Waals surface area contributed by atoms with E-state index in [9.17, 15) is 5.11 Å². The van der Waals surface area contributed by atoms with Crippen LogP contribution >= 0.6 is 0 Å². The maximum absolute atomic E-state index is 9.82. The second-order valence-corrected chi connectivity index (χ2v) is 6.47. The van der Waals surface area contributed by atoms with Gasteiger partial charge in [-0.05, 0) is 25.5 Å². The van der Waals surface area contributed by atoms with E-state index in [2.05, 4.69) is 40.8 Å². The van der Waals surface area contributed by atoms with E-state index in [1.165, 1.54) is 0 Å². The van der Waals surface area contributed by atoms with Crippen molar-refractivity contribution in [3.8, 4) is 5.69 Å². The summed E-state index contributed by atoms with van der Waals surface area (Å²) in [5.74, 6) is 0.992. The van der Waals surface area contributed by atoms with E-state index < -0.39 is 0 Å².